The Morgan fingerprint density at radius 1 is 1.45 bits per heavy atom. The van der Waals surface area contributed by atoms with Gasteiger partial charge in [0.15, 0.2) is 11.6 Å². The lowest BCUT2D eigenvalue weighted by Crippen LogP contribution is -2.21. The van der Waals surface area contributed by atoms with Crippen LogP contribution in [0.25, 0.3) is 0 Å². The van der Waals surface area contributed by atoms with Crippen molar-refractivity contribution in [1.82, 2.24) is 0 Å². The van der Waals surface area contributed by atoms with E-state index < -0.39 is 27.2 Å². The molecule has 1 aromatic carbocycles. The van der Waals surface area contributed by atoms with Crippen LogP contribution in [0.2, 0.25) is 0 Å². The van der Waals surface area contributed by atoms with Crippen LogP contribution in [-0.4, -0.2) is 28.1 Å². The summed E-state index contributed by atoms with van der Waals surface area (Å²) in [6.07, 6.45) is -1.84. The molecule has 0 radical (unpaired) electrons. The molecule has 0 aliphatic rings. The van der Waals surface area contributed by atoms with E-state index in [1.165, 1.54) is 32.2 Å². The average molecular weight is 327 g/mol. The monoisotopic (exact) mass is 326 g/mol. The minimum Gasteiger partial charge on any atom is -0.494 e. The molecular weight excluding hydrogens is 315 g/mol. The van der Waals surface area contributed by atoms with Gasteiger partial charge in [0.1, 0.15) is 0 Å². The number of hydrogen-bond acceptors (Lipinski definition) is 6. The third-order valence-corrected chi connectivity index (χ3v) is 2.85. The summed E-state index contributed by atoms with van der Waals surface area (Å²) in [6, 6.07) is 3.84. The Morgan fingerprint density at radius 3 is 2.60 bits per heavy atom. The van der Waals surface area contributed by atoms with E-state index in [-0.39, 0.29) is 17.9 Å². The SMILES string of the molecule is CCOC(=O)C(OS(=O)(=O)Cl)c1cccc(OC)c1F. The van der Waals surface area contributed by atoms with Crippen molar-refractivity contribution in [3.05, 3.63) is 29.6 Å². The molecule has 0 aliphatic heterocycles. The van der Waals surface area contributed by atoms with E-state index in [1.807, 2.05) is 0 Å². The number of methoxy groups -OCH3 is 1. The van der Waals surface area contributed by atoms with Crippen LogP contribution in [0.3, 0.4) is 0 Å². The molecule has 0 fully saturated rings. The van der Waals surface area contributed by atoms with Crippen molar-refractivity contribution in [3.63, 3.8) is 0 Å². The molecule has 1 aromatic rings. The van der Waals surface area contributed by atoms with E-state index in [2.05, 4.69) is 8.92 Å². The lowest BCUT2D eigenvalue weighted by Gasteiger charge is -2.16. The van der Waals surface area contributed by atoms with Crippen LogP contribution in [0.4, 0.5) is 4.39 Å². The second-order valence-corrected chi connectivity index (χ2v) is 5.60. The minimum atomic E-state index is -4.51. The van der Waals surface area contributed by atoms with Gasteiger partial charge in [-0.1, -0.05) is 12.1 Å². The van der Waals surface area contributed by atoms with Gasteiger partial charge in [-0.3, -0.25) is 0 Å². The van der Waals surface area contributed by atoms with Gasteiger partial charge in [-0.2, -0.15) is 8.42 Å². The molecule has 0 saturated heterocycles. The molecule has 6 nitrogen and oxygen atoms in total. The fraction of sp³-hybridized carbons (Fsp3) is 0.364. The number of benzene rings is 1. The van der Waals surface area contributed by atoms with E-state index in [0.717, 1.165) is 0 Å². The lowest BCUT2D eigenvalue weighted by molar-refractivity contribution is -0.151. The molecule has 9 heteroatoms. The van der Waals surface area contributed by atoms with Crippen LogP contribution in [0, 0.1) is 5.82 Å². The van der Waals surface area contributed by atoms with E-state index in [9.17, 15) is 17.6 Å². The Balaban J connectivity index is 3.26. The molecule has 0 spiro atoms. The molecule has 0 saturated carbocycles. The van der Waals surface area contributed by atoms with E-state index in [1.54, 1.807) is 0 Å². The van der Waals surface area contributed by atoms with Crippen LogP contribution >= 0.6 is 10.7 Å². The van der Waals surface area contributed by atoms with Gasteiger partial charge in [-0.05, 0) is 13.0 Å². The topological polar surface area (TPSA) is 78.9 Å². The first-order chi connectivity index (χ1) is 9.30. The number of esters is 1. The molecule has 0 amide bonds. The molecule has 1 rings (SSSR count). The Morgan fingerprint density at radius 2 is 2.10 bits per heavy atom. The standard InChI is InChI=1S/C11H12ClFO6S/c1-3-18-11(14)10(19-20(12,15)16)7-5-4-6-8(17-2)9(7)13/h4-6,10H,3H2,1-2H3. The number of halogens is 2. The molecule has 0 aromatic heterocycles. The summed E-state index contributed by atoms with van der Waals surface area (Å²) in [6.45, 7) is 1.47. The van der Waals surface area contributed by atoms with Crippen LogP contribution in [0.5, 0.6) is 5.75 Å². The van der Waals surface area contributed by atoms with Gasteiger partial charge in [0.05, 0.1) is 13.7 Å². The number of ether oxygens (including phenoxy) is 2. The van der Waals surface area contributed by atoms with Crippen molar-refractivity contribution in [2.75, 3.05) is 13.7 Å². The molecule has 0 bridgehead atoms. The molecule has 1 atom stereocenters. The number of carbonyl (C=O) groups excluding carboxylic acids is 1. The Kier molecular flexibility index (Phi) is 5.73. The Hall–Kier alpha value is -1.38. The molecule has 0 aliphatic carbocycles. The first-order valence-electron chi connectivity index (χ1n) is 5.42. The molecule has 1 unspecified atom stereocenters. The largest absolute Gasteiger partial charge is 0.494 e. The normalized spacial score (nSPS) is 12.8. The Bertz CT molecular complexity index is 589. The van der Waals surface area contributed by atoms with Gasteiger partial charge in [-0.25, -0.2) is 13.4 Å². The summed E-state index contributed by atoms with van der Waals surface area (Å²) in [5.41, 5.74) is -0.355. The van der Waals surface area contributed by atoms with Crippen LogP contribution < -0.4 is 4.74 Å². The third-order valence-electron chi connectivity index (χ3n) is 2.21. The van der Waals surface area contributed by atoms with Gasteiger partial charge < -0.3 is 9.47 Å². The number of carbonyl (C=O) groups is 1. The summed E-state index contributed by atoms with van der Waals surface area (Å²) in [5, 5.41) is 0. The smallest absolute Gasteiger partial charge is 0.356 e. The van der Waals surface area contributed by atoms with Crippen molar-refractivity contribution in [2.45, 2.75) is 13.0 Å². The van der Waals surface area contributed by atoms with Crippen molar-refractivity contribution in [3.8, 4) is 5.75 Å². The molecule has 0 heterocycles. The van der Waals surface area contributed by atoms with Crippen molar-refractivity contribution < 1.29 is 31.3 Å². The van der Waals surface area contributed by atoms with Gasteiger partial charge in [0, 0.05) is 16.2 Å². The van der Waals surface area contributed by atoms with Crippen molar-refractivity contribution >= 4 is 26.0 Å². The van der Waals surface area contributed by atoms with Crippen LogP contribution in [0.15, 0.2) is 18.2 Å². The molecule has 20 heavy (non-hydrogen) atoms. The Labute approximate surface area is 120 Å². The first-order valence-corrected chi connectivity index (χ1v) is 7.65. The van der Waals surface area contributed by atoms with Crippen molar-refractivity contribution in [2.24, 2.45) is 0 Å². The van der Waals surface area contributed by atoms with Gasteiger partial charge in [0.2, 0.25) is 6.10 Å². The maximum Gasteiger partial charge on any atom is 0.356 e. The molecule has 112 valence electrons. The third kappa shape index (κ3) is 4.32. The van der Waals surface area contributed by atoms with E-state index in [0.29, 0.717) is 0 Å². The average Bonchev–Trinajstić information content (AvgIpc) is 2.36. The summed E-state index contributed by atoms with van der Waals surface area (Å²) in [5.74, 6) is -2.19. The van der Waals surface area contributed by atoms with E-state index >= 15 is 0 Å². The second-order valence-electron chi connectivity index (χ2n) is 3.48. The zero-order valence-electron chi connectivity index (χ0n) is 10.6. The summed E-state index contributed by atoms with van der Waals surface area (Å²) < 4.78 is 49.8. The van der Waals surface area contributed by atoms with Gasteiger partial charge >= 0.3 is 15.3 Å². The minimum absolute atomic E-state index is 0.0351. The maximum absolute atomic E-state index is 14.0. The maximum atomic E-state index is 14.0. The predicted molar refractivity (Wildman–Crippen MR) is 68.2 cm³/mol. The number of hydrogen-bond donors (Lipinski definition) is 0. The highest BCUT2D eigenvalue weighted by Crippen LogP contribution is 2.30. The second kappa shape index (κ2) is 6.87. The first kappa shape index (κ1) is 16.7. The fourth-order valence-corrected chi connectivity index (χ4v) is 2.07. The predicted octanol–water partition coefficient (Wildman–Crippen LogP) is 1.94. The van der Waals surface area contributed by atoms with Gasteiger partial charge in [-0.15, -0.1) is 0 Å². The van der Waals surface area contributed by atoms with Crippen LogP contribution in [-0.2, 0) is 23.0 Å². The summed E-state index contributed by atoms with van der Waals surface area (Å²) in [4.78, 5) is 11.7. The zero-order valence-corrected chi connectivity index (χ0v) is 12.2. The van der Waals surface area contributed by atoms with Crippen molar-refractivity contribution in [1.29, 1.82) is 0 Å². The summed E-state index contributed by atoms with van der Waals surface area (Å²) >= 11 is 0. The van der Waals surface area contributed by atoms with Gasteiger partial charge in [0.25, 0.3) is 0 Å². The lowest BCUT2D eigenvalue weighted by atomic mass is 10.1. The fourth-order valence-electron chi connectivity index (χ4n) is 1.44. The quantitative estimate of drug-likeness (QED) is 0.587. The summed E-state index contributed by atoms with van der Waals surface area (Å²) in [7, 11) is 1.65. The number of rotatable bonds is 6. The molecular formula is C11H12ClFO6S. The highest BCUT2D eigenvalue weighted by atomic mass is 35.7. The zero-order chi connectivity index (χ0) is 15.3. The highest BCUT2D eigenvalue weighted by Gasteiger charge is 2.31. The highest BCUT2D eigenvalue weighted by molar-refractivity contribution is 8.10. The van der Waals surface area contributed by atoms with E-state index in [4.69, 9.17) is 15.4 Å². The van der Waals surface area contributed by atoms with Crippen LogP contribution in [0.1, 0.15) is 18.6 Å². The molecule has 0 N–H and O–H groups in total.